The van der Waals surface area contributed by atoms with Gasteiger partial charge in [0.2, 0.25) is 0 Å². The predicted molar refractivity (Wildman–Crippen MR) is 72.5 cm³/mol. The number of aliphatic hydroxyl groups excluding tert-OH is 1. The lowest BCUT2D eigenvalue weighted by atomic mass is 9.92. The molecule has 19 heavy (non-hydrogen) atoms. The first-order valence-electron chi connectivity index (χ1n) is 6.77. The standard InChI is InChI=1S/C14H20N2O3/c17-10-2-3-11-6-8-16(9-7-11)13-5-1-4-12(15-13)14(18)19/h1,4-5,11,17H,2-3,6-10H2,(H,18,19). The maximum Gasteiger partial charge on any atom is 0.354 e. The lowest BCUT2D eigenvalue weighted by molar-refractivity contribution is 0.0690. The molecule has 0 bridgehead atoms. The third kappa shape index (κ3) is 3.67. The van der Waals surface area contributed by atoms with Crippen molar-refractivity contribution in [3.05, 3.63) is 23.9 Å². The SMILES string of the molecule is O=C(O)c1cccc(N2CCC(CCCO)CC2)n1. The topological polar surface area (TPSA) is 73.7 Å². The van der Waals surface area contributed by atoms with Crippen molar-refractivity contribution in [2.45, 2.75) is 25.7 Å². The summed E-state index contributed by atoms with van der Waals surface area (Å²) in [7, 11) is 0. The zero-order valence-corrected chi connectivity index (χ0v) is 11.0. The minimum atomic E-state index is -0.986. The van der Waals surface area contributed by atoms with E-state index in [1.54, 1.807) is 6.07 Å². The van der Waals surface area contributed by atoms with E-state index in [1.165, 1.54) is 6.07 Å². The van der Waals surface area contributed by atoms with E-state index in [9.17, 15) is 4.79 Å². The number of nitrogens with zero attached hydrogens (tertiary/aromatic N) is 2. The number of anilines is 1. The van der Waals surface area contributed by atoms with E-state index in [1.807, 2.05) is 6.07 Å². The van der Waals surface area contributed by atoms with Crippen molar-refractivity contribution in [3.8, 4) is 0 Å². The number of pyridine rings is 1. The molecule has 1 aromatic heterocycles. The Balaban J connectivity index is 1.94. The molecule has 2 heterocycles. The number of aliphatic hydroxyl groups is 1. The second kappa shape index (κ2) is 6.52. The van der Waals surface area contributed by atoms with Gasteiger partial charge in [0.15, 0.2) is 5.69 Å². The third-order valence-electron chi connectivity index (χ3n) is 3.66. The zero-order chi connectivity index (χ0) is 13.7. The van der Waals surface area contributed by atoms with Crippen LogP contribution in [0.3, 0.4) is 0 Å². The Bertz CT molecular complexity index is 428. The molecule has 2 N–H and O–H groups in total. The summed E-state index contributed by atoms with van der Waals surface area (Å²) in [5, 5.41) is 17.8. The molecule has 0 aliphatic carbocycles. The first kappa shape index (κ1) is 13.8. The molecule has 2 rings (SSSR count). The normalized spacial score (nSPS) is 16.6. The van der Waals surface area contributed by atoms with Crippen LogP contribution in [0.2, 0.25) is 0 Å². The Hall–Kier alpha value is -1.62. The average molecular weight is 264 g/mol. The van der Waals surface area contributed by atoms with Crippen molar-refractivity contribution in [2.24, 2.45) is 5.92 Å². The Labute approximate surface area is 112 Å². The molecule has 1 aliphatic heterocycles. The highest BCUT2D eigenvalue weighted by Gasteiger charge is 2.20. The predicted octanol–water partition coefficient (Wildman–Crippen LogP) is 1.77. The summed E-state index contributed by atoms with van der Waals surface area (Å²) in [6, 6.07) is 5.12. The van der Waals surface area contributed by atoms with Crippen LogP contribution in [0.4, 0.5) is 5.82 Å². The fourth-order valence-electron chi connectivity index (χ4n) is 2.55. The molecule has 1 fully saturated rings. The van der Waals surface area contributed by atoms with Gasteiger partial charge in [0, 0.05) is 19.7 Å². The number of aromatic nitrogens is 1. The number of carbonyl (C=O) groups is 1. The molecule has 0 aromatic carbocycles. The van der Waals surface area contributed by atoms with E-state index in [0.29, 0.717) is 5.92 Å². The van der Waals surface area contributed by atoms with Crippen LogP contribution in [-0.4, -0.2) is 40.9 Å². The molecule has 0 atom stereocenters. The highest BCUT2D eigenvalue weighted by atomic mass is 16.4. The fraction of sp³-hybridized carbons (Fsp3) is 0.571. The molecule has 5 heteroatoms. The van der Waals surface area contributed by atoms with E-state index in [0.717, 1.165) is 44.6 Å². The van der Waals surface area contributed by atoms with E-state index in [-0.39, 0.29) is 12.3 Å². The van der Waals surface area contributed by atoms with Gasteiger partial charge in [-0.15, -0.1) is 0 Å². The van der Waals surface area contributed by atoms with Crippen LogP contribution in [0.5, 0.6) is 0 Å². The minimum Gasteiger partial charge on any atom is -0.477 e. The number of rotatable bonds is 5. The molecule has 0 amide bonds. The van der Waals surface area contributed by atoms with Gasteiger partial charge in [-0.05, 0) is 43.7 Å². The Kier molecular flexibility index (Phi) is 4.74. The summed E-state index contributed by atoms with van der Waals surface area (Å²) >= 11 is 0. The number of piperidine rings is 1. The Morgan fingerprint density at radius 2 is 2.11 bits per heavy atom. The Morgan fingerprint density at radius 3 is 2.74 bits per heavy atom. The molecule has 0 spiro atoms. The molecular weight excluding hydrogens is 244 g/mol. The van der Waals surface area contributed by atoms with Gasteiger partial charge >= 0.3 is 5.97 Å². The fourth-order valence-corrected chi connectivity index (χ4v) is 2.55. The van der Waals surface area contributed by atoms with Crippen LogP contribution in [0.25, 0.3) is 0 Å². The molecule has 0 saturated carbocycles. The van der Waals surface area contributed by atoms with Gasteiger partial charge in [0.1, 0.15) is 5.82 Å². The smallest absolute Gasteiger partial charge is 0.354 e. The second-order valence-electron chi connectivity index (χ2n) is 4.98. The summed E-state index contributed by atoms with van der Waals surface area (Å²) in [4.78, 5) is 17.2. The van der Waals surface area contributed by atoms with E-state index >= 15 is 0 Å². The quantitative estimate of drug-likeness (QED) is 0.848. The maximum atomic E-state index is 10.9. The summed E-state index contributed by atoms with van der Waals surface area (Å²) in [6.45, 7) is 2.08. The van der Waals surface area contributed by atoms with Crippen LogP contribution in [0, 0.1) is 5.92 Å². The van der Waals surface area contributed by atoms with Crippen LogP contribution >= 0.6 is 0 Å². The zero-order valence-electron chi connectivity index (χ0n) is 11.0. The maximum absolute atomic E-state index is 10.9. The largest absolute Gasteiger partial charge is 0.477 e. The molecule has 0 radical (unpaired) electrons. The van der Waals surface area contributed by atoms with Gasteiger partial charge < -0.3 is 15.1 Å². The van der Waals surface area contributed by atoms with Gasteiger partial charge in [0.25, 0.3) is 0 Å². The first-order valence-corrected chi connectivity index (χ1v) is 6.77. The highest BCUT2D eigenvalue weighted by Crippen LogP contribution is 2.24. The van der Waals surface area contributed by atoms with Crippen LogP contribution in [0.1, 0.15) is 36.2 Å². The Morgan fingerprint density at radius 1 is 1.37 bits per heavy atom. The molecule has 104 valence electrons. The van der Waals surface area contributed by atoms with Crippen LogP contribution in [-0.2, 0) is 0 Å². The molecule has 5 nitrogen and oxygen atoms in total. The molecular formula is C14H20N2O3. The molecule has 1 aromatic rings. The summed E-state index contributed by atoms with van der Waals surface area (Å²) < 4.78 is 0. The molecule has 1 saturated heterocycles. The number of aromatic carboxylic acids is 1. The van der Waals surface area contributed by atoms with Crippen molar-refractivity contribution in [1.29, 1.82) is 0 Å². The van der Waals surface area contributed by atoms with Crippen molar-refractivity contribution in [3.63, 3.8) is 0 Å². The minimum absolute atomic E-state index is 0.0971. The number of carboxylic acid groups (broad SMARTS) is 1. The number of carboxylic acids is 1. The van der Waals surface area contributed by atoms with E-state index in [4.69, 9.17) is 10.2 Å². The lowest BCUT2D eigenvalue weighted by Crippen LogP contribution is -2.34. The third-order valence-corrected chi connectivity index (χ3v) is 3.66. The molecule has 0 unspecified atom stereocenters. The number of hydrogen-bond acceptors (Lipinski definition) is 4. The molecule has 1 aliphatic rings. The van der Waals surface area contributed by atoms with Crippen molar-refractivity contribution in [2.75, 3.05) is 24.6 Å². The van der Waals surface area contributed by atoms with Gasteiger partial charge in [-0.2, -0.15) is 0 Å². The lowest BCUT2D eigenvalue weighted by Gasteiger charge is -2.32. The highest BCUT2D eigenvalue weighted by molar-refractivity contribution is 5.85. The van der Waals surface area contributed by atoms with Gasteiger partial charge in [0.05, 0.1) is 0 Å². The van der Waals surface area contributed by atoms with Gasteiger partial charge in [-0.25, -0.2) is 9.78 Å². The summed E-state index contributed by atoms with van der Waals surface area (Å²) in [5.41, 5.74) is 0.0971. The second-order valence-corrected chi connectivity index (χ2v) is 4.98. The summed E-state index contributed by atoms with van der Waals surface area (Å²) in [5.74, 6) is 0.436. The van der Waals surface area contributed by atoms with Crippen molar-refractivity contribution < 1.29 is 15.0 Å². The summed E-state index contributed by atoms with van der Waals surface area (Å²) in [6.07, 6.45) is 4.11. The number of hydrogen-bond donors (Lipinski definition) is 2. The van der Waals surface area contributed by atoms with Crippen molar-refractivity contribution in [1.82, 2.24) is 4.98 Å². The van der Waals surface area contributed by atoms with E-state index < -0.39 is 5.97 Å². The van der Waals surface area contributed by atoms with E-state index in [2.05, 4.69) is 9.88 Å². The first-order chi connectivity index (χ1) is 9.20. The average Bonchev–Trinajstić information content (AvgIpc) is 2.46. The van der Waals surface area contributed by atoms with Crippen LogP contribution in [0.15, 0.2) is 18.2 Å². The van der Waals surface area contributed by atoms with Gasteiger partial charge in [-0.1, -0.05) is 6.07 Å². The van der Waals surface area contributed by atoms with Crippen molar-refractivity contribution >= 4 is 11.8 Å². The monoisotopic (exact) mass is 264 g/mol. The van der Waals surface area contributed by atoms with Gasteiger partial charge in [-0.3, -0.25) is 0 Å². The van der Waals surface area contributed by atoms with Crippen LogP contribution < -0.4 is 4.90 Å².